The number of rotatable bonds is 4. The van der Waals surface area contributed by atoms with E-state index < -0.39 is 0 Å². The summed E-state index contributed by atoms with van der Waals surface area (Å²) in [6.45, 7) is 0.640. The van der Waals surface area contributed by atoms with E-state index in [1.54, 1.807) is 7.05 Å². The average molecular weight is 232 g/mol. The molecular weight excluding hydrogens is 216 g/mol. The van der Waals surface area contributed by atoms with Crippen molar-refractivity contribution in [2.75, 3.05) is 7.05 Å². The summed E-state index contributed by atoms with van der Waals surface area (Å²) in [5.74, 6) is 0.0216. The van der Waals surface area contributed by atoms with Crippen molar-refractivity contribution < 1.29 is 9.90 Å². The lowest BCUT2D eigenvalue weighted by atomic mass is 10.1. The van der Waals surface area contributed by atoms with Crippen LogP contribution < -0.4 is 5.32 Å². The van der Waals surface area contributed by atoms with Gasteiger partial charge in [0.1, 0.15) is 0 Å². The Morgan fingerprint density at radius 2 is 2.24 bits per heavy atom. The number of para-hydroxylation sites is 1. The van der Waals surface area contributed by atoms with Crippen LogP contribution in [0.2, 0.25) is 0 Å². The second-order valence-corrected chi connectivity index (χ2v) is 3.95. The van der Waals surface area contributed by atoms with Gasteiger partial charge < -0.3 is 15.0 Å². The Kier molecular flexibility index (Phi) is 3.44. The van der Waals surface area contributed by atoms with Gasteiger partial charge in [-0.05, 0) is 11.5 Å². The molecule has 4 nitrogen and oxygen atoms in total. The number of aliphatic hydroxyl groups is 1. The molecule has 0 atom stereocenters. The fourth-order valence-electron chi connectivity index (χ4n) is 2.00. The van der Waals surface area contributed by atoms with E-state index in [0.717, 1.165) is 16.5 Å². The number of hydrogen-bond acceptors (Lipinski definition) is 2. The largest absolute Gasteiger partial charge is 0.392 e. The molecule has 1 aromatic carbocycles. The molecule has 0 saturated carbocycles. The highest BCUT2D eigenvalue weighted by Crippen LogP contribution is 2.20. The highest BCUT2D eigenvalue weighted by Gasteiger charge is 2.06. The summed E-state index contributed by atoms with van der Waals surface area (Å²) in [7, 11) is 1.63. The van der Waals surface area contributed by atoms with Gasteiger partial charge in [-0.2, -0.15) is 0 Å². The monoisotopic (exact) mass is 232 g/mol. The van der Waals surface area contributed by atoms with Gasteiger partial charge in [0.05, 0.1) is 12.1 Å². The number of fused-ring (bicyclic) bond motifs is 1. The first kappa shape index (κ1) is 11.7. The third-order valence-electron chi connectivity index (χ3n) is 2.90. The van der Waals surface area contributed by atoms with Crippen LogP contribution in [0.3, 0.4) is 0 Å². The third kappa shape index (κ3) is 2.31. The van der Waals surface area contributed by atoms with E-state index in [-0.39, 0.29) is 12.5 Å². The number of aryl methyl sites for hydroxylation is 1. The maximum absolute atomic E-state index is 11.2. The predicted octanol–water partition coefficient (Wildman–Crippen LogP) is 1.27. The molecule has 0 bridgehead atoms. The van der Waals surface area contributed by atoms with E-state index >= 15 is 0 Å². The van der Waals surface area contributed by atoms with Gasteiger partial charge >= 0.3 is 0 Å². The summed E-state index contributed by atoms with van der Waals surface area (Å²) in [4.78, 5) is 11.2. The van der Waals surface area contributed by atoms with Crippen LogP contribution in [0.1, 0.15) is 12.0 Å². The Morgan fingerprint density at radius 1 is 1.41 bits per heavy atom. The molecular formula is C13H16N2O2. The molecule has 2 rings (SSSR count). The molecule has 17 heavy (non-hydrogen) atoms. The molecule has 0 aliphatic carbocycles. The Bertz CT molecular complexity index is 531. The molecule has 4 heteroatoms. The molecule has 2 aromatic rings. The van der Waals surface area contributed by atoms with Gasteiger partial charge in [0, 0.05) is 31.8 Å². The smallest absolute Gasteiger partial charge is 0.221 e. The summed E-state index contributed by atoms with van der Waals surface area (Å²) in [6.07, 6.45) is 2.40. The quantitative estimate of drug-likeness (QED) is 0.834. The zero-order chi connectivity index (χ0) is 12.3. The van der Waals surface area contributed by atoms with Gasteiger partial charge in [0.2, 0.25) is 5.91 Å². The van der Waals surface area contributed by atoms with Crippen molar-refractivity contribution in [2.24, 2.45) is 0 Å². The number of hydrogen-bond donors (Lipinski definition) is 2. The van der Waals surface area contributed by atoms with E-state index in [4.69, 9.17) is 0 Å². The molecule has 1 heterocycles. The van der Waals surface area contributed by atoms with Crippen molar-refractivity contribution in [3.63, 3.8) is 0 Å². The number of nitrogens with one attached hydrogen (secondary N) is 1. The maximum atomic E-state index is 11.2. The number of nitrogens with zero attached hydrogens (tertiary/aromatic N) is 1. The van der Waals surface area contributed by atoms with E-state index in [1.807, 2.05) is 35.0 Å². The Morgan fingerprint density at radius 3 is 2.94 bits per heavy atom. The SMILES string of the molecule is CNC(=O)CCn1ccc2cccc(CO)c21. The highest BCUT2D eigenvalue weighted by molar-refractivity contribution is 5.83. The van der Waals surface area contributed by atoms with Gasteiger partial charge in [-0.1, -0.05) is 18.2 Å². The van der Waals surface area contributed by atoms with Gasteiger partial charge in [-0.25, -0.2) is 0 Å². The van der Waals surface area contributed by atoms with Gasteiger partial charge in [0.25, 0.3) is 0 Å². The standard InChI is InChI=1S/C13H16N2O2/c1-14-12(17)6-8-15-7-5-10-3-2-4-11(9-16)13(10)15/h2-5,7,16H,6,8-9H2,1H3,(H,14,17). The third-order valence-corrected chi connectivity index (χ3v) is 2.90. The molecule has 0 fully saturated rings. The lowest BCUT2D eigenvalue weighted by Crippen LogP contribution is -2.19. The second-order valence-electron chi connectivity index (χ2n) is 3.95. The fraction of sp³-hybridized carbons (Fsp3) is 0.308. The first-order valence-corrected chi connectivity index (χ1v) is 5.64. The Balaban J connectivity index is 2.31. The molecule has 2 N–H and O–H groups in total. The zero-order valence-corrected chi connectivity index (χ0v) is 9.81. The normalized spacial score (nSPS) is 10.7. The number of amides is 1. The van der Waals surface area contributed by atoms with E-state index in [1.165, 1.54) is 0 Å². The van der Waals surface area contributed by atoms with Crippen molar-refractivity contribution in [2.45, 2.75) is 19.6 Å². The van der Waals surface area contributed by atoms with Crippen LogP contribution in [-0.4, -0.2) is 22.6 Å². The lowest BCUT2D eigenvalue weighted by Gasteiger charge is -2.07. The summed E-state index contributed by atoms with van der Waals surface area (Å²) < 4.78 is 2.01. The summed E-state index contributed by atoms with van der Waals surface area (Å²) in [5, 5.41) is 13.0. The molecule has 1 aromatic heterocycles. The van der Waals surface area contributed by atoms with Crippen molar-refractivity contribution in [1.82, 2.24) is 9.88 Å². The fourth-order valence-corrected chi connectivity index (χ4v) is 2.00. The highest BCUT2D eigenvalue weighted by atomic mass is 16.3. The Labute approximate surface area is 99.9 Å². The van der Waals surface area contributed by atoms with Crippen LogP contribution in [0.5, 0.6) is 0 Å². The summed E-state index contributed by atoms with van der Waals surface area (Å²) >= 11 is 0. The molecule has 1 amide bonds. The first-order chi connectivity index (χ1) is 8.26. The van der Waals surface area contributed by atoms with Crippen LogP contribution in [0.15, 0.2) is 30.5 Å². The second kappa shape index (κ2) is 5.01. The van der Waals surface area contributed by atoms with Crippen molar-refractivity contribution >= 4 is 16.8 Å². The molecule has 0 radical (unpaired) electrons. The average Bonchev–Trinajstić information content (AvgIpc) is 2.79. The zero-order valence-electron chi connectivity index (χ0n) is 9.81. The van der Waals surface area contributed by atoms with Crippen molar-refractivity contribution in [3.8, 4) is 0 Å². The van der Waals surface area contributed by atoms with Crippen LogP contribution in [0.25, 0.3) is 10.9 Å². The predicted molar refractivity (Wildman–Crippen MR) is 66.5 cm³/mol. The number of carbonyl (C=O) groups excluding carboxylic acids is 1. The van der Waals surface area contributed by atoms with Crippen LogP contribution in [0, 0.1) is 0 Å². The van der Waals surface area contributed by atoms with E-state index in [9.17, 15) is 9.90 Å². The van der Waals surface area contributed by atoms with Crippen molar-refractivity contribution in [3.05, 3.63) is 36.0 Å². The van der Waals surface area contributed by atoms with E-state index in [0.29, 0.717) is 13.0 Å². The van der Waals surface area contributed by atoms with Gasteiger partial charge in [0.15, 0.2) is 0 Å². The minimum Gasteiger partial charge on any atom is -0.392 e. The maximum Gasteiger partial charge on any atom is 0.221 e. The van der Waals surface area contributed by atoms with E-state index in [2.05, 4.69) is 5.32 Å². The van der Waals surface area contributed by atoms with Gasteiger partial charge in [-0.3, -0.25) is 4.79 Å². The number of aromatic nitrogens is 1. The molecule has 0 saturated heterocycles. The number of benzene rings is 1. The molecule has 0 spiro atoms. The molecule has 0 unspecified atom stereocenters. The minimum atomic E-state index is 0.0152. The summed E-state index contributed by atoms with van der Waals surface area (Å²) in [5.41, 5.74) is 1.91. The van der Waals surface area contributed by atoms with Crippen LogP contribution in [0.4, 0.5) is 0 Å². The summed E-state index contributed by atoms with van der Waals surface area (Å²) in [6, 6.07) is 7.83. The lowest BCUT2D eigenvalue weighted by molar-refractivity contribution is -0.120. The van der Waals surface area contributed by atoms with Crippen LogP contribution >= 0.6 is 0 Å². The van der Waals surface area contributed by atoms with Gasteiger partial charge in [-0.15, -0.1) is 0 Å². The number of aliphatic hydroxyl groups excluding tert-OH is 1. The van der Waals surface area contributed by atoms with Crippen LogP contribution in [-0.2, 0) is 17.9 Å². The topological polar surface area (TPSA) is 54.3 Å². The molecule has 0 aliphatic heterocycles. The molecule has 0 aliphatic rings. The minimum absolute atomic E-state index is 0.0152. The number of carbonyl (C=O) groups is 1. The Hall–Kier alpha value is -1.81. The van der Waals surface area contributed by atoms with Crippen molar-refractivity contribution in [1.29, 1.82) is 0 Å². The first-order valence-electron chi connectivity index (χ1n) is 5.64. The molecule has 90 valence electrons.